The second-order valence-corrected chi connectivity index (χ2v) is 7.22. The van der Waals surface area contributed by atoms with Crippen LogP contribution in [-0.4, -0.2) is 62.2 Å². The predicted octanol–water partition coefficient (Wildman–Crippen LogP) is 2.12. The van der Waals surface area contributed by atoms with Gasteiger partial charge in [0.1, 0.15) is 18.0 Å². The molecule has 0 saturated carbocycles. The number of rotatable bonds is 4. The molecule has 1 aliphatic rings. The van der Waals surface area contributed by atoms with E-state index in [0.717, 1.165) is 60.2 Å². The molecule has 0 amide bonds. The topological polar surface area (TPSA) is 75.9 Å². The van der Waals surface area contributed by atoms with Gasteiger partial charge in [0.25, 0.3) is 0 Å². The van der Waals surface area contributed by atoms with Gasteiger partial charge in [0.2, 0.25) is 0 Å². The van der Waals surface area contributed by atoms with Crippen molar-refractivity contribution in [2.45, 2.75) is 19.0 Å². The lowest BCUT2D eigenvalue weighted by atomic mass is 10.3. The maximum Gasteiger partial charge on any atom is 0.189 e. The van der Waals surface area contributed by atoms with E-state index in [1.54, 1.807) is 18.1 Å². The van der Waals surface area contributed by atoms with Crippen molar-refractivity contribution in [1.82, 2.24) is 29.7 Å². The van der Waals surface area contributed by atoms with Crippen LogP contribution in [0.2, 0.25) is 0 Å². The molecule has 27 heavy (non-hydrogen) atoms. The van der Waals surface area contributed by atoms with Crippen LogP contribution in [0.25, 0.3) is 5.82 Å². The van der Waals surface area contributed by atoms with Crippen LogP contribution in [0.4, 0.5) is 11.6 Å². The zero-order valence-corrected chi connectivity index (χ0v) is 16.5. The fraction of sp³-hybridized carbons (Fsp3) is 0.389. The highest BCUT2D eigenvalue weighted by Gasteiger charge is 2.20. The van der Waals surface area contributed by atoms with Crippen LogP contribution < -0.4 is 9.80 Å². The number of aromatic nitrogens is 6. The largest absolute Gasteiger partial charge is 0.353 e. The molecule has 0 bridgehead atoms. The van der Waals surface area contributed by atoms with E-state index in [9.17, 15) is 0 Å². The first-order chi connectivity index (χ1) is 13.1. The summed E-state index contributed by atoms with van der Waals surface area (Å²) in [5.41, 5.74) is 2.05. The molecule has 140 valence electrons. The summed E-state index contributed by atoms with van der Waals surface area (Å²) >= 11 is 1.56. The third kappa shape index (κ3) is 3.73. The molecule has 3 aromatic rings. The number of aryl methyl sites for hydroxylation is 2. The van der Waals surface area contributed by atoms with Gasteiger partial charge in [0, 0.05) is 44.1 Å². The molecule has 4 heterocycles. The van der Waals surface area contributed by atoms with Gasteiger partial charge in [0.05, 0.1) is 5.69 Å². The fourth-order valence-electron chi connectivity index (χ4n) is 3.26. The minimum absolute atomic E-state index is 0.799. The SMILES string of the molecule is CSc1nccc(N2CCN(c3cc(-n4nc(C)cc4C)ncn3)CC2)n1. The van der Waals surface area contributed by atoms with Crippen molar-refractivity contribution in [3.05, 3.63) is 42.1 Å². The quantitative estimate of drug-likeness (QED) is 0.502. The predicted molar refractivity (Wildman–Crippen MR) is 107 cm³/mol. The van der Waals surface area contributed by atoms with Gasteiger partial charge < -0.3 is 9.80 Å². The van der Waals surface area contributed by atoms with Crippen molar-refractivity contribution in [2.75, 3.05) is 42.2 Å². The Bertz CT molecular complexity index is 933. The first kappa shape index (κ1) is 17.7. The average molecular weight is 382 g/mol. The average Bonchev–Trinajstić information content (AvgIpc) is 3.06. The van der Waals surface area contributed by atoms with Crippen molar-refractivity contribution < 1.29 is 0 Å². The number of anilines is 2. The number of hydrogen-bond acceptors (Lipinski definition) is 8. The molecule has 0 N–H and O–H groups in total. The Morgan fingerprint density at radius 2 is 1.59 bits per heavy atom. The van der Waals surface area contributed by atoms with Gasteiger partial charge >= 0.3 is 0 Å². The Morgan fingerprint density at radius 3 is 2.26 bits per heavy atom. The molecule has 0 unspecified atom stereocenters. The lowest BCUT2D eigenvalue weighted by Crippen LogP contribution is -2.47. The van der Waals surface area contributed by atoms with Crippen LogP contribution >= 0.6 is 11.8 Å². The summed E-state index contributed by atoms with van der Waals surface area (Å²) in [6.45, 7) is 7.57. The molecular formula is C18H22N8S. The van der Waals surface area contributed by atoms with Gasteiger partial charge in [-0.25, -0.2) is 24.6 Å². The highest BCUT2D eigenvalue weighted by Crippen LogP contribution is 2.20. The summed E-state index contributed by atoms with van der Waals surface area (Å²) in [7, 11) is 0. The van der Waals surface area contributed by atoms with Gasteiger partial charge in [-0.05, 0) is 32.2 Å². The molecule has 4 rings (SSSR count). The molecule has 1 fully saturated rings. The molecule has 0 aliphatic carbocycles. The van der Waals surface area contributed by atoms with E-state index in [1.807, 2.05) is 49.2 Å². The number of nitrogens with zero attached hydrogens (tertiary/aromatic N) is 8. The summed E-state index contributed by atoms with van der Waals surface area (Å²) in [5.74, 6) is 2.72. The minimum atomic E-state index is 0.799. The highest BCUT2D eigenvalue weighted by molar-refractivity contribution is 7.98. The molecule has 1 saturated heterocycles. The monoisotopic (exact) mass is 382 g/mol. The van der Waals surface area contributed by atoms with Crippen molar-refractivity contribution in [1.29, 1.82) is 0 Å². The third-order valence-corrected chi connectivity index (χ3v) is 5.16. The molecule has 3 aromatic heterocycles. The second-order valence-electron chi connectivity index (χ2n) is 6.45. The van der Waals surface area contributed by atoms with E-state index >= 15 is 0 Å². The highest BCUT2D eigenvalue weighted by atomic mass is 32.2. The molecule has 1 aliphatic heterocycles. The first-order valence-electron chi connectivity index (χ1n) is 8.86. The Morgan fingerprint density at radius 1 is 0.889 bits per heavy atom. The zero-order chi connectivity index (χ0) is 18.8. The van der Waals surface area contributed by atoms with Crippen molar-refractivity contribution in [2.24, 2.45) is 0 Å². The van der Waals surface area contributed by atoms with Crippen LogP contribution in [0.3, 0.4) is 0 Å². The standard InChI is InChI=1S/C18H22N8S/c1-13-10-14(2)26(23-13)17-11-16(20-12-21-17)25-8-6-24(7-9-25)15-4-5-19-18(22-15)27-3/h4-5,10-12H,6-9H2,1-3H3. The van der Waals surface area contributed by atoms with Crippen LogP contribution in [-0.2, 0) is 0 Å². The van der Waals surface area contributed by atoms with Gasteiger partial charge in [-0.15, -0.1) is 0 Å². The van der Waals surface area contributed by atoms with Gasteiger partial charge in [-0.3, -0.25) is 0 Å². The lowest BCUT2D eigenvalue weighted by molar-refractivity contribution is 0.636. The Kier molecular flexibility index (Phi) is 4.93. The third-order valence-electron chi connectivity index (χ3n) is 4.59. The van der Waals surface area contributed by atoms with Crippen LogP contribution in [0, 0.1) is 13.8 Å². The van der Waals surface area contributed by atoms with Crippen LogP contribution in [0.15, 0.2) is 35.9 Å². The first-order valence-corrected chi connectivity index (χ1v) is 10.1. The smallest absolute Gasteiger partial charge is 0.189 e. The Hall–Kier alpha value is -2.68. The maximum absolute atomic E-state index is 4.60. The van der Waals surface area contributed by atoms with Gasteiger partial charge in [0.15, 0.2) is 11.0 Å². The lowest BCUT2D eigenvalue weighted by Gasteiger charge is -2.36. The molecule has 9 heteroatoms. The summed E-state index contributed by atoms with van der Waals surface area (Å²) in [4.78, 5) is 22.3. The number of thioether (sulfide) groups is 1. The van der Waals surface area contributed by atoms with Crippen molar-refractivity contribution in [3.8, 4) is 5.82 Å². The summed E-state index contributed by atoms with van der Waals surface area (Å²) in [5, 5.41) is 5.32. The van der Waals surface area contributed by atoms with Crippen molar-refractivity contribution >= 4 is 23.4 Å². The van der Waals surface area contributed by atoms with Gasteiger partial charge in [-0.1, -0.05) is 11.8 Å². The zero-order valence-electron chi connectivity index (χ0n) is 15.7. The molecule has 0 aromatic carbocycles. The Labute approximate surface area is 162 Å². The molecule has 0 atom stereocenters. The van der Waals surface area contributed by atoms with E-state index in [2.05, 4.69) is 34.8 Å². The van der Waals surface area contributed by atoms with E-state index < -0.39 is 0 Å². The molecular weight excluding hydrogens is 360 g/mol. The van der Waals surface area contributed by atoms with Crippen LogP contribution in [0.1, 0.15) is 11.4 Å². The van der Waals surface area contributed by atoms with E-state index in [-0.39, 0.29) is 0 Å². The van der Waals surface area contributed by atoms with Gasteiger partial charge in [-0.2, -0.15) is 5.10 Å². The van der Waals surface area contributed by atoms with Crippen molar-refractivity contribution in [3.63, 3.8) is 0 Å². The Balaban J connectivity index is 1.48. The van der Waals surface area contributed by atoms with Crippen LogP contribution in [0.5, 0.6) is 0 Å². The number of piperazine rings is 1. The summed E-state index contributed by atoms with van der Waals surface area (Å²) in [6, 6.07) is 6.03. The fourth-order valence-corrected chi connectivity index (χ4v) is 3.61. The summed E-state index contributed by atoms with van der Waals surface area (Å²) in [6.07, 6.45) is 5.43. The van der Waals surface area contributed by atoms with E-state index in [4.69, 9.17) is 0 Å². The molecule has 0 spiro atoms. The maximum atomic E-state index is 4.60. The summed E-state index contributed by atoms with van der Waals surface area (Å²) < 4.78 is 1.86. The molecule has 0 radical (unpaired) electrons. The second kappa shape index (κ2) is 7.51. The normalized spacial score (nSPS) is 14.6. The van der Waals surface area contributed by atoms with E-state index in [0.29, 0.717) is 0 Å². The molecule has 8 nitrogen and oxygen atoms in total. The van der Waals surface area contributed by atoms with E-state index in [1.165, 1.54) is 0 Å². The number of hydrogen-bond donors (Lipinski definition) is 0. The minimum Gasteiger partial charge on any atom is -0.353 e.